The number of rotatable bonds is 4. The van der Waals surface area contributed by atoms with Gasteiger partial charge in [0.2, 0.25) is 0 Å². The number of carbonyl (C=O) groups is 1. The molecule has 0 aromatic heterocycles. The Balaban J connectivity index is 0. The summed E-state index contributed by atoms with van der Waals surface area (Å²) in [5.74, 6) is -0.396. The molecule has 0 rings (SSSR count). The van der Waals surface area contributed by atoms with Crippen LogP contribution < -0.4 is 0 Å². The molecule has 0 aromatic carbocycles. The normalized spacial score (nSPS) is 13.9. The summed E-state index contributed by atoms with van der Waals surface area (Å²) in [4.78, 5) is 9.93. The van der Waals surface area contributed by atoms with Gasteiger partial charge in [-0.15, -0.1) is 0 Å². The van der Waals surface area contributed by atoms with Gasteiger partial charge in [-0.2, -0.15) is 0 Å². The summed E-state index contributed by atoms with van der Waals surface area (Å²) in [6.07, 6.45) is 1.80. The first-order valence-electron chi connectivity index (χ1n) is 4.83. The van der Waals surface area contributed by atoms with Crippen LogP contribution in [-0.2, 0) is 4.79 Å². The van der Waals surface area contributed by atoms with E-state index in [1.807, 2.05) is 13.8 Å². The Morgan fingerprint density at radius 3 is 1.69 bits per heavy atom. The minimum atomic E-state index is -0.706. The first kappa shape index (κ1) is 14.9. The van der Waals surface area contributed by atoms with Crippen LogP contribution in [0.15, 0.2) is 0 Å². The Bertz CT molecular complexity index is 119. The molecule has 0 fully saturated rings. The maximum atomic E-state index is 9.93. The standard InChI is InChI=1S/C5H10O2.C5H12O/c1-3-4(2)5(6)7;1-3-5(2)4-6/h4H,3H2,1-2H3,(H,6,7);5-6H,3-4H2,1-2H3/t4-;5-/m11/s1. The first-order chi connectivity index (χ1) is 5.99. The Morgan fingerprint density at radius 2 is 1.69 bits per heavy atom. The topological polar surface area (TPSA) is 57.5 Å². The number of carboxylic acid groups (broad SMARTS) is 1. The highest BCUT2D eigenvalue weighted by Crippen LogP contribution is 1.97. The molecule has 0 saturated carbocycles. The molecule has 0 saturated heterocycles. The maximum Gasteiger partial charge on any atom is 0.306 e. The molecule has 0 aliphatic carbocycles. The molecular formula is C10H22O3. The molecule has 0 aromatic rings. The van der Waals surface area contributed by atoms with E-state index in [0.717, 1.165) is 12.8 Å². The summed E-state index contributed by atoms with van der Waals surface area (Å²) in [5, 5.41) is 16.5. The predicted octanol–water partition coefficient (Wildman–Crippen LogP) is 2.14. The van der Waals surface area contributed by atoms with Gasteiger partial charge in [0.05, 0.1) is 5.92 Å². The molecular weight excluding hydrogens is 168 g/mol. The van der Waals surface area contributed by atoms with E-state index >= 15 is 0 Å². The van der Waals surface area contributed by atoms with Gasteiger partial charge in [0.25, 0.3) is 0 Å². The lowest BCUT2D eigenvalue weighted by Crippen LogP contribution is -2.06. The van der Waals surface area contributed by atoms with Crippen LogP contribution in [0.3, 0.4) is 0 Å². The maximum absolute atomic E-state index is 9.93. The molecule has 0 radical (unpaired) electrons. The minimum absolute atomic E-state index is 0.181. The second-order valence-electron chi connectivity index (χ2n) is 3.34. The highest BCUT2D eigenvalue weighted by molar-refractivity contribution is 5.69. The predicted molar refractivity (Wildman–Crippen MR) is 53.6 cm³/mol. The molecule has 2 atom stereocenters. The summed E-state index contributed by atoms with van der Waals surface area (Å²) < 4.78 is 0. The van der Waals surface area contributed by atoms with Gasteiger partial charge < -0.3 is 10.2 Å². The third kappa shape index (κ3) is 11.4. The zero-order valence-corrected chi connectivity index (χ0v) is 9.08. The average molecular weight is 190 g/mol. The smallest absolute Gasteiger partial charge is 0.306 e. The van der Waals surface area contributed by atoms with Crippen molar-refractivity contribution in [3.05, 3.63) is 0 Å². The number of aliphatic carboxylic acids is 1. The zero-order valence-electron chi connectivity index (χ0n) is 9.08. The quantitative estimate of drug-likeness (QED) is 0.714. The van der Waals surface area contributed by atoms with Crippen LogP contribution in [0.1, 0.15) is 40.5 Å². The summed E-state index contributed by atoms with van der Waals surface area (Å²) in [5.41, 5.74) is 0. The van der Waals surface area contributed by atoms with E-state index in [1.54, 1.807) is 6.92 Å². The van der Waals surface area contributed by atoms with Crippen LogP contribution >= 0.6 is 0 Å². The van der Waals surface area contributed by atoms with Gasteiger partial charge in [-0.1, -0.05) is 34.1 Å². The van der Waals surface area contributed by atoms with Gasteiger partial charge in [0.15, 0.2) is 0 Å². The molecule has 3 nitrogen and oxygen atoms in total. The molecule has 0 unspecified atom stereocenters. The van der Waals surface area contributed by atoms with Gasteiger partial charge in [-0.25, -0.2) is 0 Å². The summed E-state index contributed by atoms with van der Waals surface area (Å²) in [6, 6.07) is 0. The summed E-state index contributed by atoms with van der Waals surface area (Å²) in [7, 11) is 0. The van der Waals surface area contributed by atoms with Crippen molar-refractivity contribution in [2.24, 2.45) is 11.8 Å². The molecule has 3 heteroatoms. The van der Waals surface area contributed by atoms with Gasteiger partial charge in [-0.3, -0.25) is 4.79 Å². The molecule has 80 valence electrons. The largest absolute Gasteiger partial charge is 0.481 e. The van der Waals surface area contributed by atoms with E-state index in [1.165, 1.54) is 0 Å². The fourth-order valence-electron chi connectivity index (χ4n) is 0.304. The number of aliphatic hydroxyl groups excluding tert-OH is 1. The van der Waals surface area contributed by atoms with Crippen molar-refractivity contribution < 1.29 is 15.0 Å². The van der Waals surface area contributed by atoms with Gasteiger partial charge in [0, 0.05) is 6.61 Å². The number of hydrogen-bond donors (Lipinski definition) is 2. The van der Waals surface area contributed by atoms with Crippen molar-refractivity contribution in [3.8, 4) is 0 Å². The van der Waals surface area contributed by atoms with E-state index in [9.17, 15) is 4.79 Å². The Labute approximate surface area is 80.8 Å². The second kappa shape index (κ2) is 9.52. The monoisotopic (exact) mass is 190 g/mol. The van der Waals surface area contributed by atoms with Crippen LogP contribution in [0.5, 0.6) is 0 Å². The van der Waals surface area contributed by atoms with Crippen molar-refractivity contribution in [2.75, 3.05) is 6.61 Å². The molecule has 0 spiro atoms. The molecule has 13 heavy (non-hydrogen) atoms. The van der Waals surface area contributed by atoms with Gasteiger partial charge >= 0.3 is 5.97 Å². The fourth-order valence-corrected chi connectivity index (χ4v) is 0.304. The number of hydrogen-bond acceptors (Lipinski definition) is 2. The van der Waals surface area contributed by atoms with E-state index in [2.05, 4.69) is 6.92 Å². The molecule has 0 bridgehead atoms. The van der Waals surface area contributed by atoms with Crippen molar-refractivity contribution >= 4 is 5.97 Å². The fraction of sp³-hybridized carbons (Fsp3) is 0.900. The summed E-state index contributed by atoms with van der Waals surface area (Å²) in [6.45, 7) is 7.98. The van der Waals surface area contributed by atoms with E-state index in [0.29, 0.717) is 12.5 Å². The lowest BCUT2D eigenvalue weighted by Gasteiger charge is -1.98. The third-order valence-corrected chi connectivity index (χ3v) is 2.04. The highest BCUT2D eigenvalue weighted by atomic mass is 16.4. The summed E-state index contributed by atoms with van der Waals surface area (Å²) >= 11 is 0. The second-order valence-corrected chi connectivity index (χ2v) is 3.34. The van der Waals surface area contributed by atoms with E-state index in [4.69, 9.17) is 10.2 Å². The van der Waals surface area contributed by atoms with Crippen molar-refractivity contribution in [1.82, 2.24) is 0 Å². The minimum Gasteiger partial charge on any atom is -0.481 e. The van der Waals surface area contributed by atoms with Crippen LogP contribution in [0, 0.1) is 11.8 Å². The zero-order chi connectivity index (χ0) is 10.9. The van der Waals surface area contributed by atoms with E-state index in [-0.39, 0.29) is 5.92 Å². The first-order valence-corrected chi connectivity index (χ1v) is 4.83. The molecule has 0 heterocycles. The Kier molecular flexibility index (Phi) is 10.9. The van der Waals surface area contributed by atoms with Crippen LogP contribution in [0.25, 0.3) is 0 Å². The van der Waals surface area contributed by atoms with Crippen LogP contribution in [0.4, 0.5) is 0 Å². The highest BCUT2D eigenvalue weighted by Gasteiger charge is 2.05. The molecule has 0 amide bonds. The van der Waals surface area contributed by atoms with Crippen LogP contribution in [0.2, 0.25) is 0 Å². The lowest BCUT2D eigenvalue weighted by molar-refractivity contribution is -0.141. The van der Waals surface area contributed by atoms with Crippen molar-refractivity contribution in [3.63, 3.8) is 0 Å². The van der Waals surface area contributed by atoms with Crippen molar-refractivity contribution in [1.29, 1.82) is 0 Å². The SMILES string of the molecule is CC[C@@H](C)C(=O)O.CC[C@@H](C)CO. The van der Waals surface area contributed by atoms with Crippen LogP contribution in [-0.4, -0.2) is 22.8 Å². The van der Waals surface area contributed by atoms with Gasteiger partial charge in [-0.05, 0) is 12.3 Å². The molecule has 2 N–H and O–H groups in total. The van der Waals surface area contributed by atoms with E-state index < -0.39 is 5.97 Å². The molecule has 0 aliphatic heterocycles. The average Bonchev–Trinajstić information content (AvgIpc) is 2.16. The third-order valence-electron chi connectivity index (χ3n) is 2.04. The lowest BCUT2D eigenvalue weighted by atomic mass is 10.1. The Morgan fingerprint density at radius 1 is 1.23 bits per heavy atom. The molecule has 0 aliphatic rings. The number of aliphatic hydroxyl groups is 1. The van der Waals surface area contributed by atoms with Crippen molar-refractivity contribution in [2.45, 2.75) is 40.5 Å². The number of carboxylic acids is 1. The van der Waals surface area contributed by atoms with Gasteiger partial charge in [0.1, 0.15) is 0 Å². The Hall–Kier alpha value is -0.570.